The van der Waals surface area contributed by atoms with E-state index in [0.29, 0.717) is 5.92 Å². The van der Waals surface area contributed by atoms with E-state index in [4.69, 9.17) is 9.84 Å². The first-order valence-electron chi connectivity index (χ1n) is 6.29. The molecule has 1 N–H and O–H groups in total. The lowest BCUT2D eigenvalue weighted by Crippen LogP contribution is -2.02. The lowest BCUT2D eigenvalue weighted by Gasteiger charge is -2.14. The number of hydrogen-bond donors (Lipinski definition) is 1. The van der Waals surface area contributed by atoms with E-state index in [2.05, 4.69) is 0 Å². The van der Waals surface area contributed by atoms with Crippen molar-refractivity contribution in [2.45, 2.75) is 25.7 Å². The van der Waals surface area contributed by atoms with Crippen LogP contribution in [0.3, 0.4) is 0 Å². The number of carboxylic acids is 1. The third-order valence-electron chi connectivity index (χ3n) is 3.50. The summed E-state index contributed by atoms with van der Waals surface area (Å²) in [7, 11) is 1.62. The zero-order valence-corrected chi connectivity index (χ0v) is 10.6. The summed E-state index contributed by atoms with van der Waals surface area (Å²) in [5, 5.41) is 9.01. The van der Waals surface area contributed by atoms with Gasteiger partial charge in [-0.2, -0.15) is 0 Å². The standard InChI is InChI=1S/C15H18O3/c1-18-13-8-6-12(7-9-13)14(10-15(16)17)11-4-2-3-5-11/h6-11H,2-5H2,1H3,(H,16,17)/b14-10+. The number of methoxy groups -OCH3 is 1. The molecule has 0 radical (unpaired) electrons. The molecule has 1 aliphatic carbocycles. The fourth-order valence-electron chi connectivity index (χ4n) is 2.59. The predicted octanol–water partition coefficient (Wildman–Crippen LogP) is 3.35. The van der Waals surface area contributed by atoms with Crippen molar-refractivity contribution >= 4 is 11.5 Å². The topological polar surface area (TPSA) is 46.5 Å². The van der Waals surface area contributed by atoms with Gasteiger partial charge in [0.25, 0.3) is 0 Å². The Labute approximate surface area is 107 Å². The first-order valence-corrected chi connectivity index (χ1v) is 6.29. The summed E-state index contributed by atoms with van der Waals surface area (Å²) in [4.78, 5) is 11.0. The molecule has 1 saturated carbocycles. The number of aliphatic carboxylic acids is 1. The van der Waals surface area contributed by atoms with Gasteiger partial charge in [0.1, 0.15) is 5.75 Å². The predicted molar refractivity (Wildman–Crippen MR) is 70.6 cm³/mol. The van der Waals surface area contributed by atoms with Crippen LogP contribution in [0.1, 0.15) is 31.2 Å². The monoisotopic (exact) mass is 246 g/mol. The average molecular weight is 246 g/mol. The van der Waals surface area contributed by atoms with Crippen LogP contribution in [-0.2, 0) is 4.79 Å². The van der Waals surface area contributed by atoms with Crippen LogP contribution in [0.4, 0.5) is 0 Å². The lowest BCUT2D eigenvalue weighted by molar-refractivity contribution is -0.131. The Hall–Kier alpha value is -1.77. The first kappa shape index (κ1) is 12.7. The van der Waals surface area contributed by atoms with Gasteiger partial charge in [-0.3, -0.25) is 0 Å². The maximum absolute atomic E-state index is 11.0. The molecule has 18 heavy (non-hydrogen) atoms. The summed E-state index contributed by atoms with van der Waals surface area (Å²) in [6.07, 6.45) is 5.92. The highest BCUT2D eigenvalue weighted by Crippen LogP contribution is 2.36. The minimum absolute atomic E-state index is 0.384. The Bertz CT molecular complexity index is 439. The van der Waals surface area contributed by atoms with Crippen LogP contribution in [-0.4, -0.2) is 18.2 Å². The number of ether oxygens (including phenoxy) is 1. The van der Waals surface area contributed by atoms with Gasteiger partial charge in [-0.15, -0.1) is 0 Å². The molecule has 0 saturated heterocycles. The number of hydrogen-bond acceptors (Lipinski definition) is 2. The summed E-state index contributed by atoms with van der Waals surface area (Å²) in [5.41, 5.74) is 1.94. The van der Waals surface area contributed by atoms with Crippen molar-refractivity contribution in [3.63, 3.8) is 0 Å². The molecular formula is C15H18O3. The van der Waals surface area contributed by atoms with Crippen molar-refractivity contribution in [1.29, 1.82) is 0 Å². The van der Waals surface area contributed by atoms with Gasteiger partial charge in [0.15, 0.2) is 0 Å². The van der Waals surface area contributed by atoms with Gasteiger partial charge in [0, 0.05) is 6.08 Å². The van der Waals surface area contributed by atoms with E-state index >= 15 is 0 Å². The Morgan fingerprint density at radius 3 is 2.39 bits per heavy atom. The Kier molecular flexibility index (Phi) is 4.03. The van der Waals surface area contributed by atoms with Crippen LogP contribution in [0.2, 0.25) is 0 Å². The first-order chi connectivity index (χ1) is 8.70. The van der Waals surface area contributed by atoms with Crippen LogP contribution in [0.5, 0.6) is 5.75 Å². The Balaban J connectivity index is 2.29. The highest BCUT2D eigenvalue weighted by molar-refractivity contribution is 5.90. The van der Waals surface area contributed by atoms with E-state index in [1.165, 1.54) is 18.9 Å². The second-order valence-corrected chi connectivity index (χ2v) is 4.65. The minimum Gasteiger partial charge on any atom is -0.497 e. The molecule has 1 fully saturated rings. The van der Waals surface area contributed by atoms with Crippen LogP contribution < -0.4 is 4.74 Å². The highest BCUT2D eigenvalue weighted by atomic mass is 16.5. The van der Waals surface area contributed by atoms with Crippen LogP contribution >= 0.6 is 0 Å². The fraction of sp³-hybridized carbons (Fsp3) is 0.400. The van der Waals surface area contributed by atoms with Crippen molar-refractivity contribution in [2.75, 3.05) is 7.11 Å². The molecule has 3 nitrogen and oxygen atoms in total. The molecule has 0 heterocycles. The number of allylic oxidation sites excluding steroid dienone is 1. The van der Waals surface area contributed by atoms with Gasteiger partial charge >= 0.3 is 5.97 Å². The van der Waals surface area contributed by atoms with Crippen LogP contribution in [0, 0.1) is 5.92 Å². The molecule has 1 aromatic carbocycles. The van der Waals surface area contributed by atoms with Crippen molar-refractivity contribution in [2.24, 2.45) is 5.92 Å². The van der Waals surface area contributed by atoms with Gasteiger partial charge < -0.3 is 9.84 Å². The van der Waals surface area contributed by atoms with Gasteiger partial charge in [-0.25, -0.2) is 4.79 Å². The average Bonchev–Trinajstić information content (AvgIpc) is 2.89. The molecule has 2 rings (SSSR count). The highest BCUT2D eigenvalue weighted by Gasteiger charge is 2.21. The number of carbonyl (C=O) groups is 1. The molecule has 1 aliphatic rings. The smallest absolute Gasteiger partial charge is 0.328 e. The van der Waals surface area contributed by atoms with Gasteiger partial charge in [0.2, 0.25) is 0 Å². The molecule has 0 aliphatic heterocycles. The van der Waals surface area contributed by atoms with E-state index in [-0.39, 0.29) is 0 Å². The zero-order valence-electron chi connectivity index (χ0n) is 10.6. The normalized spacial score (nSPS) is 16.8. The Morgan fingerprint density at radius 2 is 1.89 bits per heavy atom. The summed E-state index contributed by atoms with van der Waals surface area (Å²) >= 11 is 0. The lowest BCUT2D eigenvalue weighted by atomic mass is 9.91. The van der Waals surface area contributed by atoms with Crippen LogP contribution in [0.25, 0.3) is 5.57 Å². The number of benzene rings is 1. The van der Waals surface area contributed by atoms with E-state index in [9.17, 15) is 4.79 Å². The summed E-state index contributed by atoms with van der Waals surface area (Å²) in [6.45, 7) is 0. The summed E-state index contributed by atoms with van der Waals surface area (Å²) in [5.74, 6) is 0.307. The molecule has 0 amide bonds. The quantitative estimate of drug-likeness (QED) is 0.829. The van der Waals surface area contributed by atoms with Crippen LogP contribution in [0.15, 0.2) is 30.3 Å². The van der Waals surface area contributed by atoms with Gasteiger partial charge in [-0.1, -0.05) is 25.0 Å². The van der Waals surface area contributed by atoms with E-state index in [1.807, 2.05) is 24.3 Å². The number of rotatable bonds is 4. The third-order valence-corrected chi connectivity index (χ3v) is 3.50. The van der Waals surface area contributed by atoms with Crippen molar-refractivity contribution in [3.05, 3.63) is 35.9 Å². The molecule has 0 aromatic heterocycles. The molecule has 96 valence electrons. The fourth-order valence-corrected chi connectivity index (χ4v) is 2.59. The SMILES string of the molecule is COc1ccc(/C(=C/C(=O)O)C2CCCC2)cc1. The summed E-state index contributed by atoms with van der Waals surface area (Å²) in [6, 6.07) is 7.62. The van der Waals surface area contributed by atoms with Crippen molar-refractivity contribution < 1.29 is 14.6 Å². The molecule has 3 heteroatoms. The largest absolute Gasteiger partial charge is 0.497 e. The molecule has 0 bridgehead atoms. The van der Waals surface area contributed by atoms with Crippen molar-refractivity contribution in [3.8, 4) is 5.75 Å². The second-order valence-electron chi connectivity index (χ2n) is 4.65. The zero-order chi connectivity index (χ0) is 13.0. The second kappa shape index (κ2) is 5.71. The molecule has 0 unspecified atom stereocenters. The third kappa shape index (κ3) is 2.92. The maximum atomic E-state index is 11.0. The van der Waals surface area contributed by atoms with Gasteiger partial charge in [-0.05, 0) is 42.0 Å². The molecular weight excluding hydrogens is 228 g/mol. The Morgan fingerprint density at radius 1 is 1.28 bits per heavy atom. The summed E-state index contributed by atoms with van der Waals surface area (Å²) < 4.78 is 5.12. The van der Waals surface area contributed by atoms with E-state index in [1.54, 1.807) is 7.11 Å². The maximum Gasteiger partial charge on any atom is 0.328 e. The molecule has 0 atom stereocenters. The van der Waals surface area contributed by atoms with Gasteiger partial charge in [0.05, 0.1) is 7.11 Å². The number of carboxylic acid groups (broad SMARTS) is 1. The molecule has 1 aromatic rings. The van der Waals surface area contributed by atoms with E-state index < -0.39 is 5.97 Å². The molecule has 0 spiro atoms. The van der Waals surface area contributed by atoms with E-state index in [0.717, 1.165) is 29.7 Å². The van der Waals surface area contributed by atoms with Crippen molar-refractivity contribution in [1.82, 2.24) is 0 Å². The minimum atomic E-state index is -0.868.